The van der Waals surface area contributed by atoms with E-state index in [1.165, 1.54) is 5.56 Å². The second-order valence-electron chi connectivity index (χ2n) is 4.77. The summed E-state index contributed by atoms with van der Waals surface area (Å²) in [5, 5.41) is 0. The topological polar surface area (TPSA) is 12.5 Å². The van der Waals surface area contributed by atoms with E-state index in [0.717, 1.165) is 26.3 Å². The second-order valence-corrected chi connectivity index (χ2v) is 4.77. The van der Waals surface area contributed by atoms with Gasteiger partial charge in [0.2, 0.25) is 0 Å². The van der Waals surface area contributed by atoms with Gasteiger partial charge in [-0.25, -0.2) is 0 Å². The smallest absolute Gasteiger partial charge is 0.0645 e. The van der Waals surface area contributed by atoms with Crippen molar-refractivity contribution in [2.24, 2.45) is 0 Å². The van der Waals surface area contributed by atoms with Crippen molar-refractivity contribution in [3.05, 3.63) is 35.9 Å². The summed E-state index contributed by atoms with van der Waals surface area (Å²) in [7, 11) is 0. The zero-order valence-electron chi connectivity index (χ0n) is 9.57. The molecule has 1 aliphatic rings. The Kier molecular flexibility index (Phi) is 3.08. The molecule has 2 heteroatoms. The first-order valence-electron chi connectivity index (χ1n) is 5.55. The third kappa shape index (κ3) is 2.58. The monoisotopic (exact) mass is 205 g/mol. The number of hydrogen-bond donors (Lipinski definition) is 0. The minimum absolute atomic E-state index is 0.161. The Hall–Kier alpha value is -0.860. The van der Waals surface area contributed by atoms with Crippen LogP contribution in [-0.4, -0.2) is 30.2 Å². The van der Waals surface area contributed by atoms with Crippen LogP contribution in [0.2, 0.25) is 0 Å². The third-order valence-electron chi connectivity index (χ3n) is 3.03. The van der Waals surface area contributed by atoms with Gasteiger partial charge in [0.25, 0.3) is 0 Å². The fraction of sp³-hybridized carbons (Fsp3) is 0.538. The summed E-state index contributed by atoms with van der Waals surface area (Å²) in [6, 6.07) is 10.6. The van der Waals surface area contributed by atoms with E-state index >= 15 is 0 Å². The lowest BCUT2D eigenvalue weighted by Gasteiger charge is -2.42. The standard InChI is InChI=1S/C13H19NO/c1-13(2)11-15-9-8-14(13)10-12-6-4-3-5-7-12/h3-7H,8-11H2,1-2H3. The summed E-state index contributed by atoms with van der Waals surface area (Å²) in [5.41, 5.74) is 1.54. The summed E-state index contributed by atoms with van der Waals surface area (Å²) in [6.07, 6.45) is 0. The Morgan fingerprint density at radius 1 is 1.27 bits per heavy atom. The lowest BCUT2D eigenvalue weighted by Crippen LogP contribution is -2.52. The van der Waals surface area contributed by atoms with Gasteiger partial charge in [-0.2, -0.15) is 0 Å². The Labute approximate surface area is 91.9 Å². The van der Waals surface area contributed by atoms with Crippen LogP contribution in [0.15, 0.2) is 30.3 Å². The second kappa shape index (κ2) is 4.33. The highest BCUT2D eigenvalue weighted by Crippen LogP contribution is 2.21. The molecule has 0 bridgehead atoms. The van der Waals surface area contributed by atoms with E-state index < -0.39 is 0 Å². The molecule has 0 N–H and O–H groups in total. The summed E-state index contributed by atoms with van der Waals surface area (Å²) in [4.78, 5) is 2.49. The van der Waals surface area contributed by atoms with Crippen molar-refractivity contribution in [1.29, 1.82) is 0 Å². The van der Waals surface area contributed by atoms with Crippen LogP contribution in [-0.2, 0) is 11.3 Å². The normalized spacial score (nSPS) is 21.5. The highest BCUT2D eigenvalue weighted by molar-refractivity contribution is 5.15. The zero-order valence-corrected chi connectivity index (χ0v) is 9.57. The van der Waals surface area contributed by atoms with Crippen LogP contribution in [0.25, 0.3) is 0 Å². The van der Waals surface area contributed by atoms with Crippen molar-refractivity contribution in [2.45, 2.75) is 25.9 Å². The van der Waals surface area contributed by atoms with Crippen molar-refractivity contribution in [1.82, 2.24) is 4.90 Å². The molecular formula is C13H19NO. The molecule has 1 saturated heterocycles. The summed E-state index contributed by atoms with van der Waals surface area (Å²) in [6.45, 7) is 8.24. The highest BCUT2D eigenvalue weighted by atomic mass is 16.5. The molecule has 0 spiro atoms. The Bertz CT molecular complexity index is 308. The van der Waals surface area contributed by atoms with Crippen LogP contribution in [0.5, 0.6) is 0 Å². The van der Waals surface area contributed by atoms with Crippen molar-refractivity contribution >= 4 is 0 Å². The molecule has 0 radical (unpaired) electrons. The molecule has 1 aromatic carbocycles. The number of ether oxygens (including phenoxy) is 1. The van der Waals surface area contributed by atoms with Crippen LogP contribution >= 0.6 is 0 Å². The van der Waals surface area contributed by atoms with Crippen molar-refractivity contribution in [3.8, 4) is 0 Å². The Morgan fingerprint density at radius 3 is 2.67 bits per heavy atom. The lowest BCUT2D eigenvalue weighted by molar-refractivity contribution is -0.0552. The maximum absolute atomic E-state index is 5.51. The molecule has 2 rings (SSSR count). The molecule has 1 fully saturated rings. The molecule has 2 nitrogen and oxygen atoms in total. The first kappa shape index (κ1) is 10.7. The number of rotatable bonds is 2. The van der Waals surface area contributed by atoms with E-state index in [-0.39, 0.29) is 5.54 Å². The van der Waals surface area contributed by atoms with Crippen LogP contribution in [0, 0.1) is 0 Å². The maximum Gasteiger partial charge on any atom is 0.0645 e. The number of nitrogens with zero attached hydrogens (tertiary/aromatic N) is 1. The summed E-state index contributed by atoms with van der Waals surface area (Å²) < 4.78 is 5.51. The largest absolute Gasteiger partial charge is 0.378 e. The quantitative estimate of drug-likeness (QED) is 0.734. The van der Waals surface area contributed by atoms with E-state index in [0.29, 0.717) is 0 Å². The Balaban J connectivity index is 2.05. The molecule has 0 amide bonds. The van der Waals surface area contributed by atoms with Gasteiger partial charge in [-0.1, -0.05) is 30.3 Å². The predicted molar refractivity (Wildman–Crippen MR) is 61.8 cm³/mol. The van der Waals surface area contributed by atoms with Gasteiger partial charge in [0.05, 0.1) is 13.2 Å². The maximum atomic E-state index is 5.51. The molecule has 1 aliphatic heterocycles. The molecule has 82 valence electrons. The Morgan fingerprint density at radius 2 is 2.00 bits per heavy atom. The summed E-state index contributed by atoms with van der Waals surface area (Å²) in [5.74, 6) is 0. The van der Waals surface area contributed by atoms with Crippen LogP contribution in [0.3, 0.4) is 0 Å². The van der Waals surface area contributed by atoms with E-state index in [4.69, 9.17) is 4.74 Å². The highest BCUT2D eigenvalue weighted by Gasteiger charge is 2.30. The number of morpholine rings is 1. The lowest BCUT2D eigenvalue weighted by atomic mass is 10.0. The molecule has 0 saturated carbocycles. The number of benzene rings is 1. The van der Waals surface area contributed by atoms with Gasteiger partial charge in [0.1, 0.15) is 0 Å². The van der Waals surface area contributed by atoms with Gasteiger partial charge in [-0.3, -0.25) is 4.90 Å². The molecule has 15 heavy (non-hydrogen) atoms. The van der Waals surface area contributed by atoms with Crippen LogP contribution < -0.4 is 0 Å². The zero-order chi connectivity index (χ0) is 10.7. The fourth-order valence-electron chi connectivity index (χ4n) is 1.99. The first-order valence-corrected chi connectivity index (χ1v) is 5.55. The van der Waals surface area contributed by atoms with Crippen molar-refractivity contribution in [3.63, 3.8) is 0 Å². The molecule has 0 unspecified atom stereocenters. The third-order valence-corrected chi connectivity index (χ3v) is 3.03. The molecule has 0 aliphatic carbocycles. The SMILES string of the molecule is CC1(C)COCCN1Cc1ccccc1. The van der Waals surface area contributed by atoms with Crippen LogP contribution in [0.1, 0.15) is 19.4 Å². The van der Waals surface area contributed by atoms with Gasteiger partial charge in [0.15, 0.2) is 0 Å². The predicted octanol–water partition coefficient (Wildman–Crippen LogP) is 2.30. The number of hydrogen-bond acceptors (Lipinski definition) is 2. The molecule has 0 atom stereocenters. The first-order chi connectivity index (χ1) is 7.18. The van der Waals surface area contributed by atoms with Crippen LogP contribution in [0.4, 0.5) is 0 Å². The van der Waals surface area contributed by atoms with E-state index in [1.807, 2.05) is 0 Å². The molecule has 1 aromatic rings. The van der Waals surface area contributed by atoms with Crippen molar-refractivity contribution < 1.29 is 4.74 Å². The average Bonchev–Trinajstić information content (AvgIpc) is 2.23. The van der Waals surface area contributed by atoms with E-state index in [1.54, 1.807) is 0 Å². The van der Waals surface area contributed by atoms with Gasteiger partial charge < -0.3 is 4.74 Å². The van der Waals surface area contributed by atoms with E-state index in [2.05, 4.69) is 49.1 Å². The molecule has 0 aromatic heterocycles. The fourth-order valence-corrected chi connectivity index (χ4v) is 1.99. The molecule has 1 heterocycles. The van der Waals surface area contributed by atoms with Gasteiger partial charge >= 0.3 is 0 Å². The average molecular weight is 205 g/mol. The van der Waals surface area contributed by atoms with Gasteiger partial charge in [-0.05, 0) is 19.4 Å². The van der Waals surface area contributed by atoms with Crippen molar-refractivity contribution in [2.75, 3.05) is 19.8 Å². The minimum atomic E-state index is 0.161. The molecular weight excluding hydrogens is 186 g/mol. The van der Waals surface area contributed by atoms with E-state index in [9.17, 15) is 0 Å². The minimum Gasteiger partial charge on any atom is -0.378 e. The van der Waals surface area contributed by atoms with Gasteiger partial charge in [0, 0.05) is 18.6 Å². The van der Waals surface area contributed by atoms with Gasteiger partial charge in [-0.15, -0.1) is 0 Å². The summed E-state index contributed by atoms with van der Waals surface area (Å²) >= 11 is 0.